The molecule has 106 valence electrons. The van der Waals surface area contributed by atoms with Crippen LogP contribution in [-0.2, 0) is 6.42 Å². The normalized spacial score (nSPS) is 16.5. The topological polar surface area (TPSA) is 58.3 Å². The summed E-state index contributed by atoms with van der Waals surface area (Å²) in [5.74, 6) is 0. The molecule has 5 nitrogen and oxygen atoms in total. The maximum Gasteiger partial charge on any atom is 0.203 e. The number of nitrogen functional groups attached to an aromatic ring is 1. The minimum atomic E-state index is 0.564. The fraction of sp³-hybridized carbons (Fsp3) is 0.429. The molecule has 6 heteroatoms. The van der Waals surface area contributed by atoms with Crippen LogP contribution < -0.4 is 10.6 Å². The highest BCUT2D eigenvalue weighted by molar-refractivity contribution is 7.15. The summed E-state index contributed by atoms with van der Waals surface area (Å²) in [6, 6.07) is 10.6. The number of para-hydroxylation sites is 1. The Morgan fingerprint density at radius 1 is 1.05 bits per heavy atom. The molecule has 1 aromatic carbocycles. The fourth-order valence-electron chi connectivity index (χ4n) is 2.49. The second-order valence-electron chi connectivity index (χ2n) is 4.95. The molecular weight excluding hydrogens is 270 g/mol. The summed E-state index contributed by atoms with van der Waals surface area (Å²) < 4.78 is 0. The van der Waals surface area contributed by atoms with Gasteiger partial charge in [0.25, 0.3) is 0 Å². The Kier molecular flexibility index (Phi) is 4.13. The standard InChI is InChI=1S/C14H19N5S/c15-14-17-16-13(20-14)6-7-18-8-10-19(11-9-18)12-4-2-1-3-5-12/h1-5H,6-11H2,(H2,15,17). The van der Waals surface area contributed by atoms with Crippen molar-refractivity contribution in [2.24, 2.45) is 0 Å². The van der Waals surface area contributed by atoms with Gasteiger partial charge in [0.05, 0.1) is 0 Å². The summed E-state index contributed by atoms with van der Waals surface area (Å²) in [6.45, 7) is 5.41. The van der Waals surface area contributed by atoms with Crippen molar-refractivity contribution in [3.8, 4) is 0 Å². The van der Waals surface area contributed by atoms with Gasteiger partial charge in [0, 0.05) is 44.8 Å². The lowest BCUT2D eigenvalue weighted by Crippen LogP contribution is -2.46. The SMILES string of the molecule is Nc1nnc(CCN2CCN(c3ccccc3)CC2)s1. The summed E-state index contributed by atoms with van der Waals surface area (Å²) in [7, 11) is 0. The summed E-state index contributed by atoms with van der Waals surface area (Å²) >= 11 is 1.49. The molecule has 20 heavy (non-hydrogen) atoms. The Morgan fingerprint density at radius 3 is 2.45 bits per heavy atom. The number of aromatic nitrogens is 2. The zero-order valence-electron chi connectivity index (χ0n) is 11.4. The summed E-state index contributed by atoms with van der Waals surface area (Å²) in [4.78, 5) is 4.93. The van der Waals surface area contributed by atoms with Crippen LogP contribution in [-0.4, -0.2) is 47.8 Å². The van der Waals surface area contributed by atoms with Crippen LogP contribution >= 0.6 is 11.3 Å². The molecule has 2 heterocycles. The van der Waals surface area contributed by atoms with Crippen molar-refractivity contribution in [1.29, 1.82) is 0 Å². The molecule has 0 atom stereocenters. The van der Waals surface area contributed by atoms with Gasteiger partial charge in [-0.25, -0.2) is 0 Å². The number of hydrogen-bond acceptors (Lipinski definition) is 6. The van der Waals surface area contributed by atoms with Gasteiger partial charge < -0.3 is 10.6 Å². The number of hydrogen-bond donors (Lipinski definition) is 1. The minimum absolute atomic E-state index is 0.564. The first-order chi connectivity index (χ1) is 9.81. The van der Waals surface area contributed by atoms with Crippen molar-refractivity contribution in [3.05, 3.63) is 35.3 Å². The van der Waals surface area contributed by atoms with Gasteiger partial charge in [-0.1, -0.05) is 29.5 Å². The minimum Gasteiger partial charge on any atom is -0.374 e. The van der Waals surface area contributed by atoms with E-state index < -0.39 is 0 Å². The molecule has 0 amide bonds. The Bertz CT molecular complexity index is 534. The van der Waals surface area contributed by atoms with Crippen LogP contribution in [0.3, 0.4) is 0 Å². The van der Waals surface area contributed by atoms with Crippen molar-refractivity contribution in [3.63, 3.8) is 0 Å². The lowest BCUT2D eigenvalue weighted by Gasteiger charge is -2.36. The van der Waals surface area contributed by atoms with Crippen LogP contribution in [0.2, 0.25) is 0 Å². The number of piperazine rings is 1. The van der Waals surface area contributed by atoms with E-state index in [2.05, 4.69) is 50.3 Å². The molecule has 2 N–H and O–H groups in total. The molecule has 0 saturated carbocycles. The zero-order chi connectivity index (χ0) is 13.8. The molecule has 1 aliphatic heterocycles. The smallest absolute Gasteiger partial charge is 0.203 e. The molecule has 1 saturated heterocycles. The van der Waals surface area contributed by atoms with Gasteiger partial charge >= 0.3 is 0 Å². The van der Waals surface area contributed by atoms with Crippen LogP contribution in [0.1, 0.15) is 5.01 Å². The average Bonchev–Trinajstić information content (AvgIpc) is 2.92. The Hall–Kier alpha value is -1.66. The number of anilines is 2. The van der Waals surface area contributed by atoms with E-state index in [0.717, 1.165) is 44.2 Å². The van der Waals surface area contributed by atoms with Crippen molar-refractivity contribution < 1.29 is 0 Å². The average molecular weight is 289 g/mol. The van der Waals surface area contributed by atoms with Crippen LogP contribution in [0.5, 0.6) is 0 Å². The second kappa shape index (κ2) is 6.19. The van der Waals surface area contributed by atoms with Crippen LogP contribution in [0, 0.1) is 0 Å². The van der Waals surface area contributed by atoms with Crippen molar-refractivity contribution in [2.75, 3.05) is 43.4 Å². The van der Waals surface area contributed by atoms with Gasteiger partial charge in [0.2, 0.25) is 5.13 Å². The molecule has 1 fully saturated rings. The van der Waals surface area contributed by atoms with Crippen molar-refractivity contribution >= 4 is 22.2 Å². The van der Waals surface area contributed by atoms with Crippen LogP contribution in [0.4, 0.5) is 10.8 Å². The number of nitrogens with zero attached hydrogens (tertiary/aromatic N) is 4. The molecule has 0 radical (unpaired) electrons. The third-order valence-corrected chi connectivity index (χ3v) is 4.43. The molecule has 1 aliphatic rings. The maximum atomic E-state index is 5.59. The first-order valence-corrected chi connectivity index (χ1v) is 7.73. The van der Waals surface area contributed by atoms with E-state index in [4.69, 9.17) is 5.73 Å². The van der Waals surface area contributed by atoms with E-state index in [1.165, 1.54) is 17.0 Å². The highest BCUT2D eigenvalue weighted by Crippen LogP contribution is 2.16. The highest BCUT2D eigenvalue weighted by atomic mass is 32.1. The largest absolute Gasteiger partial charge is 0.374 e. The number of rotatable bonds is 4. The molecule has 0 aliphatic carbocycles. The van der Waals surface area contributed by atoms with E-state index in [9.17, 15) is 0 Å². The quantitative estimate of drug-likeness (QED) is 0.924. The molecule has 0 spiro atoms. The first kappa shape index (κ1) is 13.3. The van der Waals surface area contributed by atoms with Crippen molar-refractivity contribution in [1.82, 2.24) is 15.1 Å². The molecule has 0 bridgehead atoms. The van der Waals surface area contributed by atoms with E-state index in [1.54, 1.807) is 0 Å². The van der Waals surface area contributed by atoms with Gasteiger partial charge in [0.15, 0.2) is 0 Å². The summed E-state index contributed by atoms with van der Waals surface area (Å²) in [5, 5.41) is 9.52. The molecular formula is C14H19N5S. The van der Waals surface area contributed by atoms with Gasteiger partial charge in [0.1, 0.15) is 5.01 Å². The van der Waals surface area contributed by atoms with Gasteiger partial charge in [-0.3, -0.25) is 4.90 Å². The fourth-order valence-corrected chi connectivity index (χ4v) is 3.09. The van der Waals surface area contributed by atoms with E-state index in [1.807, 2.05) is 0 Å². The predicted molar refractivity (Wildman–Crippen MR) is 83.1 cm³/mol. The van der Waals surface area contributed by atoms with Gasteiger partial charge in [-0.2, -0.15) is 0 Å². The third-order valence-electron chi connectivity index (χ3n) is 3.62. The molecule has 1 aromatic heterocycles. The summed E-state index contributed by atoms with van der Waals surface area (Å²) in [5.41, 5.74) is 6.92. The van der Waals surface area contributed by atoms with E-state index in [0.29, 0.717) is 5.13 Å². The Balaban J connectivity index is 1.47. The maximum absolute atomic E-state index is 5.59. The molecule has 2 aromatic rings. The molecule has 0 unspecified atom stereocenters. The monoisotopic (exact) mass is 289 g/mol. The zero-order valence-corrected chi connectivity index (χ0v) is 12.2. The van der Waals surface area contributed by atoms with E-state index in [-0.39, 0.29) is 0 Å². The van der Waals surface area contributed by atoms with Crippen molar-refractivity contribution in [2.45, 2.75) is 6.42 Å². The predicted octanol–water partition coefficient (Wildman–Crippen LogP) is 1.48. The summed E-state index contributed by atoms with van der Waals surface area (Å²) in [6.07, 6.45) is 0.945. The van der Waals surface area contributed by atoms with Crippen LogP contribution in [0.25, 0.3) is 0 Å². The Labute approximate surface area is 123 Å². The lowest BCUT2D eigenvalue weighted by atomic mass is 10.2. The number of benzene rings is 1. The van der Waals surface area contributed by atoms with Gasteiger partial charge in [-0.15, -0.1) is 10.2 Å². The van der Waals surface area contributed by atoms with Crippen LogP contribution in [0.15, 0.2) is 30.3 Å². The van der Waals surface area contributed by atoms with E-state index >= 15 is 0 Å². The second-order valence-corrected chi connectivity index (χ2v) is 6.04. The lowest BCUT2D eigenvalue weighted by molar-refractivity contribution is 0.261. The number of nitrogens with two attached hydrogens (primary N) is 1. The highest BCUT2D eigenvalue weighted by Gasteiger charge is 2.17. The first-order valence-electron chi connectivity index (χ1n) is 6.91. The van der Waals surface area contributed by atoms with Gasteiger partial charge in [-0.05, 0) is 12.1 Å². The third kappa shape index (κ3) is 3.26. The Morgan fingerprint density at radius 2 is 1.80 bits per heavy atom. The molecule has 3 rings (SSSR count).